The Morgan fingerprint density at radius 2 is 2.00 bits per heavy atom. The van der Waals surface area contributed by atoms with Crippen molar-refractivity contribution in [2.45, 2.75) is 39.3 Å². The second-order valence-corrected chi connectivity index (χ2v) is 5.80. The summed E-state index contributed by atoms with van der Waals surface area (Å²) in [6.07, 6.45) is -0.369. The minimum absolute atomic E-state index is 0.0898. The average molecular weight is 260 g/mol. The standard InChI is InChI=1S/C13H19ClFNO/c1-13(2,3)12(16)7-11(17)9-5-4-8(15)6-10(9)14/h4-6,11-12,17H,7,16H2,1-3H3/t11-,12-/m0/s1. The van der Waals surface area contributed by atoms with Crippen molar-refractivity contribution in [3.05, 3.63) is 34.6 Å². The van der Waals surface area contributed by atoms with Gasteiger partial charge in [-0.05, 0) is 29.5 Å². The molecule has 0 amide bonds. The number of rotatable bonds is 3. The van der Waals surface area contributed by atoms with E-state index in [-0.39, 0.29) is 16.5 Å². The van der Waals surface area contributed by atoms with Crippen LogP contribution >= 0.6 is 11.6 Å². The summed E-state index contributed by atoms with van der Waals surface area (Å²) in [6.45, 7) is 6.03. The number of halogens is 2. The first-order valence-electron chi connectivity index (χ1n) is 5.60. The van der Waals surface area contributed by atoms with E-state index in [0.29, 0.717) is 12.0 Å². The van der Waals surface area contributed by atoms with Crippen molar-refractivity contribution in [1.29, 1.82) is 0 Å². The van der Waals surface area contributed by atoms with Gasteiger partial charge in [-0.2, -0.15) is 0 Å². The predicted molar refractivity (Wildman–Crippen MR) is 68.4 cm³/mol. The maximum Gasteiger partial charge on any atom is 0.124 e. The van der Waals surface area contributed by atoms with E-state index >= 15 is 0 Å². The zero-order chi connectivity index (χ0) is 13.2. The largest absolute Gasteiger partial charge is 0.388 e. The molecule has 0 aliphatic rings. The molecule has 1 aromatic carbocycles. The summed E-state index contributed by atoms with van der Waals surface area (Å²) in [5.74, 6) is -0.411. The van der Waals surface area contributed by atoms with Crippen molar-refractivity contribution in [2.24, 2.45) is 11.1 Å². The summed E-state index contributed by atoms with van der Waals surface area (Å²) in [5, 5.41) is 10.3. The van der Waals surface area contributed by atoms with E-state index in [4.69, 9.17) is 17.3 Å². The maximum atomic E-state index is 12.9. The molecule has 0 aromatic heterocycles. The minimum Gasteiger partial charge on any atom is -0.388 e. The highest BCUT2D eigenvalue weighted by Crippen LogP contribution is 2.30. The van der Waals surface area contributed by atoms with E-state index in [1.165, 1.54) is 18.2 Å². The molecule has 1 rings (SSSR count). The molecule has 0 saturated carbocycles. The van der Waals surface area contributed by atoms with Crippen LogP contribution in [-0.2, 0) is 0 Å². The van der Waals surface area contributed by atoms with E-state index < -0.39 is 11.9 Å². The molecule has 0 saturated heterocycles. The Balaban J connectivity index is 2.80. The lowest BCUT2D eigenvalue weighted by atomic mass is 9.83. The Morgan fingerprint density at radius 1 is 1.41 bits per heavy atom. The van der Waals surface area contributed by atoms with Gasteiger partial charge in [0, 0.05) is 11.1 Å². The molecule has 3 N–H and O–H groups in total. The summed E-state index contributed by atoms with van der Waals surface area (Å²) in [7, 11) is 0. The van der Waals surface area contributed by atoms with Gasteiger partial charge in [-0.25, -0.2) is 4.39 Å². The van der Waals surface area contributed by atoms with Crippen LogP contribution < -0.4 is 5.73 Å². The molecule has 2 atom stereocenters. The molecule has 0 fully saturated rings. The van der Waals surface area contributed by atoms with Gasteiger partial charge in [0.15, 0.2) is 0 Å². The number of aliphatic hydroxyl groups is 1. The third-order valence-electron chi connectivity index (χ3n) is 2.91. The van der Waals surface area contributed by atoms with Gasteiger partial charge in [0.2, 0.25) is 0 Å². The van der Waals surface area contributed by atoms with Gasteiger partial charge < -0.3 is 10.8 Å². The van der Waals surface area contributed by atoms with E-state index in [1.807, 2.05) is 20.8 Å². The van der Waals surface area contributed by atoms with E-state index in [9.17, 15) is 9.50 Å². The number of benzene rings is 1. The van der Waals surface area contributed by atoms with E-state index in [2.05, 4.69) is 0 Å². The van der Waals surface area contributed by atoms with Crippen molar-refractivity contribution in [3.63, 3.8) is 0 Å². The van der Waals surface area contributed by atoms with Crippen molar-refractivity contribution < 1.29 is 9.50 Å². The highest BCUT2D eigenvalue weighted by atomic mass is 35.5. The van der Waals surface area contributed by atoms with Gasteiger partial charge in [-0.15, -0.1) is 0 Å². The van der Waals surface area contributed by atoms with Crippen molar-refractivity contribution in [2.75, 3.05) is 0 Å². The molecule has 0 bridgehead atoms. The Hall–Kier alpha value is -0.640. The van der Waals surface area contributed by atoms with Gasteiger partial charge in [0.1, 0.15) is 5.82 Å². The molecule has 96 valence electrons. The molecule has 0 spiro atoms. The highest BCUT2D eigenvalue weighted by molar-refractivity contribution is 6.31. The Kier molecular flexibility index (Phi) is 4.53. The molecule has 0 aliphatic heterocycles. The lowest BCUT2D eigenvalue weighted by Gasteiger charge is -2.29. The van der Waals surface area contributed by atoms with Gasteiger partial charge >= 0.3 is 0 Å². The molecule has 4 heteroatoms. The second kappa shape index (κ2) is 5.34. The zero-order valence-corrected chi connectivity index (χ0v) is 11.1. The van der Waals surface area contributed by atoms with Gasteiger partial charge in [-0.1, -0.05) is 38.4 Å². The topological polar surface area (TPSA) is 46.2 Å². The van der Waals surface area contributed by atoms with Gasteiger partial charge in [0.05, 0.1) is 6.10 Å². The molecular weight excluding hydrogens is 241 g/mol. The quantitative estimate of drug-likeness (QED) is 0.875. The molecule has 0 unspecified atom stereocenters. The van der Waals surface area contributed by atoms with E-state index in [1.54, 1.807) is 0 Å². The fourth-order valence-corrected chi connectivity index (χ4v) is 1.79. The maximum absolute atomic E-state index is 12.9. The number of hydrogen-bond donors (Lipinski definition) is 2. The van der Waals surface area contributed by atoms with Crippen LogP contribution in [0.15, 0.2) is 18.2 Å². The van der Waals surface area contributed by atoms with Crippen LogP contribution in [0.2, 0.25) is 5.02 Å². The van der Waals surface area contributed by atoms with Crippen LogP contribution in [-0.4, -0.2) is 11.1 Å². The molecule has 1 aromatic rings. The molecule has 0 radical (unpaired) electrons. The molecule has 17 heavy (non-hydrogen) atoms. The summed E-state index contributed by atoms with van der Waals surface area (Å²) >= 11 is 5.88. The van der Waals surface area contributed by atoms with Crippen LogP contribution in [0.25, 0.3) is 0 Å². The summed E-state index contributed by atoms with van der Waals surface area (Å²) in [5.41, 5.74) is 6.42. The Morgan fingerprint density at radius 3 is 2.47 bits per heavy atom. The molecule has 0 heterocycles. The normalized spacial score (nSPS) is 15.7. The third-order valence-corrected chi connectivity index (χ3v) is 3.24. The summed E-state index contributed by atoms with van der Waals surface area (Å²) < 4.78 is 12.9. The first kappa shape index (κ1) is 14.4. The average Bonchev–Trinajstić information content (AvgIpc) is 2.15. The number of aliphatic hydroxyl groups excluding tert-OH is 1. The van der Waals surface area contributed by atoms with Crippen LogP contribution in [0.4, 0.5) is 4.39 Å². The van der Waals surface area contributed by atoms with Crippen LogP contribution in [0.1, 0.15) is 38.9 Å². The van der Waals surface area contributed by atoms with Crippen LogP contribution in [0.3, 0.4) is 0 Å². The zero-order valence-electron chi connectivity index (χ0n) is 10.4. The SMILES string of the molecule is CC(C)(C)[C@@H](N)C[C@H](O)c1ccc(F)cc1Cl. The van der Waals surface area contributed by atoms with Gasteiger partial charge in [0.25, 0.3) is 0 Å². The number of hydrogen-bond acceptors (Lipinski definition) is 2. The first-order chi connectivity index (χ1) is 7.71. The summed E-state index contributed by atoms with van der Waals surface area (Å²) in [6, 6.07) is 3.83. The molecular formula is C13H19ClFNO. The fourth-order valence-electron chi connectivity index (χ4n) is 1.49. The first-order valence-corrected chi connectivity index (χ1v) is 5.98. The van der Waals surface area contributed by atoms with E-state index in [0.717, 1.165) is 0 Å². The summed E-state index contributed by atoms with van der Waals surface area (Å²) in [4.78, 5) is 0. The lowest BCUT2D eigenvalue weighted by molar-refractivity contribution is 0.133. The Bertz CT molecular complexity index is 389. The lowest BCUT2D eigenvalue weighted by Crippen LogP contribution is -2.36. The monoisotopic (exact) mass is 259 g/mol. The predicted octanol–water partition coefficient (Wildman–Crippen LogP) is 3.28. The third kappa shape index (κ3) is 3.95. The smallest absolute Gasteiger partial charge is 0.124 e. The Labute approximate surface area is 107 Å². The number of nitrogens with two attached hydrogens (primary N) is 1. The van der Waals surface area contributed by atoms with Crippen LogP contribution in [0.5, 0.6) is 0 Å². The molecule has 0 aliphatic carbocycles. The van der Waals surface area contributed by atoms with Gasteiger partial charge in [-0.3, -0.25) is 0 Å². The molecule has 2 nitrogen and oxygen atoms in total. The van der Waals surface area contributed by atoms with Crippen molar-refractivity contribution >= 4 is 11.6 Å². The fraction of sp³-hybridized carbons (Fsp3) is 0.538. The van der Waals surface area contributed by atoms with Crippen LogP contribution in [0, 0.1) is 11.2 Å². The minimum atomic E-state index is -0.766. The van der Waals surface area contributed by atoms with Crippen molar-refractivity contribution in [1.82, 2.24) is 0 Å². The highest BCUT2D eigenvalue weighted by Gasteiger charge is 2.24. The second-order valence-electron chi connectivity index (χ2n) is 5.39. The van der Waals surface area contributed by atoms with Crippen molar-refractivity contribution in [3.8, 4) is 0 Å².